The van der Waals surface area contributed by atoms with Crippen LogP contribution in [0.15, 0.2) is 79.4 Å². The summed E-state index contributed by atoms with van der Waals surface area (Å²) in [5, 5.41) is 0. The van der Waals surface area contributed by atoms with Crippen molar-refractivity contribution < 1.29 is 4.74 Å². The van der Waals surface area contributed by atoms with Gasteiger partial charge in [0.2, 0.25) is 0 Å². The predicted octanol–water partition coefficient (Wildman–Crippen LogP) is 4.81. The third-order valence-electron chi connectivity index (χ3n) is 5.01. The highest BCUT2D eigenvalue weighted by Crippen LogP contribution is 2.33. The number of hydrogen-bond donors (Lipinski definition) is 0. The summed E-state index contributed by atoms with van der Waals surface area (Å²) in [6.45, 7) is 2.62. The topological polar surface area (TPSA) is 52.8 Å². The molecule has 4 aromatic rings. The van der Waals surface area contributed by atoms with E-state index < -0.39 is 0 Å². The fraction of sp³-hybridized carbons (Fsp3) is 0.208. The summed E-state index contributed by atoms with van der Waals surface area (Å²) in [5.41, 5.74) is 5.94. The molecule has 0 saturated carbocycles. The first-order chi connectivity index (χ1) is 14.3. The van der Waals surface area contributed by atoms with Crippen molar-refractivity contribution in [1.29, 1.82) is 0 Å². The van der Waals surface area contributed by atoms with Crippen LogP contribution in [-0.4, -0.2) is 33.2 Å². The van der Waals surface area contributed by atoms with Crippen molar-refractivity contribution in [2.75, 3.05) is 13.7 Å². The van der Waals surface area contributed by atoms with Crippen molar-refractivity contribution in [2.45, 2.75) is 19.4 Å². The Kier molecular flexibility index (Phi) is 5.77. The molecule has 0 aliphatic rings. The molecule has 0 amide bonds. The number of rotatable bonds is 7. The van der Waals surface area contributed by atoms with Gasteiger partial charge in [-0.25, -0.2) is 4.98 Å². The van der Waals surface area contributed by atoms with Gasteiger partial charge in [0, 0.05) is 25.1 Å². The van der Waals surface area contributed by atoms with Crippen LogP contribution in [0.3, 0.4) is 0 Å². The van der Waals surface area contributed by atoms with Crippen LogP contribution in [0.2, 0.25) is 0 Å². The summed E-state index contributed by atoms with van der Waals surface area (Å²) in [6, 6.07) is 20.2. The average molecular weight is 384 g/mol. The first kappa shape index (κ1) is 19.0. The van der Waals surface area contributed by atoms with E-state index in [1.165, 1.54) is 5.56 Å². The minimum Gasteiger partial charge on any atom is -0.382 e. The van der Waals surface area contributed by atoms with Crippen LogP contribution >= 0.6 is 0 Å². The lowest BCUT2D eigenvalue weighted by molar-refractivity contribution is 0.168. The summed E-state index contributed by atoms with van der Waals surface area (Å²) >= 11 is 0. The Morgan fingerprint density at radius 3 is 2.41 bits per heavy atom. The number of methoxy groups -OCH3 is 1. The maximum absolute atomic E-state index is 5.55. The molecule has 0 radical (unpaired) electrons. The van der Waals surface area contributed by atoms with Crippen LogP contribution in [0.1, 0.15) is 24.2 Å². The molecular weight excluding hydrogens is 360 g/mol. The Bertz CT molecular complexity index is 1040. The maximum Gasteiger partial charge on any atom is 0.101 e. The fourth-order valence-corrected chi connectivity index (χ4v) is 3.47. The van der Waals surface area contributed by atoms with Gasteiger partial charge < -0.3 is 9.30 Å². The second kappa shape index (κ2) is 8.80. The van der Waals surface area contributed by atoms with Crippen LogP contribution in [0, 0.1) is 0 Å². The Morgan fingerprint density at radius 1 is 0.931 bits per heavy atom. The van der Waals surface area contributed by atoms with E-state index >= 15 is 0 Å². The number of pyridine rings is 2. The summed E-state index contributed by atoms with van der Waals surface area (Å²) in [5.74, 6) is 0. The highest BCUT2D eigenvalue weighted by Gasteiger charge is 2.23. The molecule has 0 spiro atoms. The lowest BCUT2D eigenvalue weighted by Gasteiger charge is -2.20. The lowest BCUT2D eigenvalue weighted by Crippen LogP contribution is -2.18. The van der Waals surface area contributed by atoms with Gasteiger partial charge in [-0.3, -0.25) is 9.97 Å². The van der Waals surface area contributed by atoms with Crippen molar-refractivity contribution in [3.05, 3.63) is 90.6 Å². The summed E-state index contributed by atoms with van der Waals surface area (Å²) in [6.07, 6.45) is 6.57. The summed E-state index contributed by atoms with van der Waals surface area (Å²) in [4.78, 5) is 14.1. The molecule has 29 heavy (non-hydrogen) atoms. The van der Waals surface area contributed by atoms with Crippen LogP contribution in [0.5, 0.6) is 0 Å². The molecular formula is C24H24N4O. The van der Waals surface area contributed by atoms with Gasteiger partial charge in [0.05, 0.1) is 35.7 Å². The van der Waals surface area contributed by atoms with Crippen molar-refractivity contribution in [3.8, 4) is 22.6 Å². The van der Waals surface area contributed by atoms with E-state index in [1.54, 1.807) is 13.3 Å². The molecule has 1 aromatic carbocycles. The van der Waals surface area contributed by atoms with E-state index in [0.29, 0.717) is 6.61 Å². The number of hydrogen-bond acceptors (Lipinski definition) is 4. The normalized spacial score (nSPS) is 12.1. The van der Waals surface area contributed by atoms with E-state index in [4.69, 9.17) is 14.7 Å². The molecule has 3 aromatic heterocycles. The van der Waals surface area contributed by atoms with Crippen LogP contribution in [0.25, 0.3) is 22.6 Å². The molecule has 1 atom stereocenters. The van der Waals surface area contributed by atoms with Gasteiger partial charge in [-0.2, -0.15) is 0 Å². The Morgan fingerprint density at radius 2 is 1.76 bits per heavy atom. The molecule has 0 saturated heterocycles. The van der Waals surface area contributed by atoms with Crippen LogP contribution < -0.4 is 0 Å². The van der Waals surface area contributed by atoms with Gasteiger partial charge in [0.25, 0.3) is 0 Å². The molecule has 4 rings (SSSR count). The average Bonchev–Trinajstić information content (AvgIpc) is 3.23. The zero-order chi connectivity index (χ0) is 20.1. The highest BCUT2D eigenvalue weighted by atomic mass is 16.5. The predicted molar refractivity (Wildman–Crippen MR) is 115 cm³/mol. The minimum atomic E-state index is -0.103. The van der Waals surface area contributed by atoms with E-state index in [0.717, 1.165) is 34.8 Å². The van der Waals surface area contributed by atoms with E-state index in [9.17, 15) is 0 Å². The maximum atomic E-state index is 5.55. The molecule has 0 bridgehead atoms. The van der Waals surface area contributed by atoms with Gasteiger partial charge in [-0.15, -0.1) is 0 Å². The first-order valence-corrected chi connectivity index (χ1v) is 9.79. The molecule has 0 unspecified atom stereocenters. The monoisotopic (exact) mass is 384 g/mol. The summed E-state index contributed by atoms with van der Waals surface area (Å²) in [7, 11) is 1.71. The van der Waals surface area contributed by atoms with Gasteiger partial charge in [-0.05, 0) is 30.2 Å². The zero-order valence-corrected chi connectivity index (χ0v) is 16.7. The van der Waals surface area contributed by atoms with Crippen LogP contribution in [-0.2, 0) is 11.2 Å². The van der Waals surface area contributed by atoms with E-state index in [1.807, 2.05) is 48.9 Å². The molecule has 5 heteroatoms. The fourth-order valence-electron chi connectivity index (χ4n) is 3.47. The minimum absolute atomic E-state index is 0.103. The van der Waals surface area contributed by atoms with Gasteiger partial charge in [0.1, 0.15) is 6.04 Å². The van der Waals surface area contributed by atoms with Gasteiger partial charge in [0.15, 0.2) is 0 Å². The second-order valence-electron chi connectivity index (χ2n) is 6.85. The Hall–Kier alpha value is -3.31. The van der Waals surface area contributed by atoms with Crippen molar-refractivity contribution >= 4 is 0 Å². The SMILES string of the molecule is CCc1ccc(-c2c(-c3ccccc3)ncn2[C@@H](COC)c2ccccn2)nc1. The van der Waals surface area contributed by atoms with Gasteiger partial charge in [-0.1, -0.05) is 49.4 Å². The van der Waals surface area contributed by atoms with Crippen LogP contribution in [0.4, 0.5) is 0 Å². The molecule has 0 aliphatic carbocycles. The molecule has 3 heterocycles. The number of ether oxygens (including phenoxy) is 1. The van der Waals surface area contributed by atoms with Crippen molar-refractivity contribution in [2.24, 2.45) is 0 Å². The summed E-state index contributed by atoms with van der Waals surface area (Å²) < 4.78 is 7.67. The Labute approximate surface area is 171 Å². The molecule has 146 valence electrons. The zero-order valence-electron chi connectivity index (χ0n) is 16.7. The van der Waals surface area contributed by atoms with Crippen molar-refractivity contribution in [1.82, 2.24) is 19.5 Å². The number of benzene rings is 1. The standard InChI is InChI=1S/C24H24N4O/c1-3-18-12-13-21(26-15-18)24-23(19-9-5-4-6-10-19)27-17-28(24)22(16-29-2)20-11-7-8-14-25-20/h4-15,17,22H,3,16H2,1-2H3/t22-/m0/s1. The highest BCUT2D eigenvalue weighted by molar-refractivity contribution is 5.77. The van der Waals surface area contributed by atoms with E-state index in [-0.39, 0.29) is 6.04 Å². The number of aromatic nitrogens is 4. The molecule has 0 aliphatic heterocycles. The third kappa shape index (κ3) is 3.96. The quantitative estimate of drug-likeness (QED) is 0.459. The molecule has 5 nitrogen and oxygen atoms in total. The largest absolute Gasteiger partial charge is 0.382 e. The number of nitrogens with zero attached hydrogens (tertiary/aromatic N) is 4. The van der Waals surface area contributed by atoms with Crippen molar-refractivity contribution in [3.63, 3.8) is 0 Å². The molecule has 0 fully saturated rings. The number of imidazole rings is 1. The third-order valence-corrected chi connectivity index (χ3v) is 5.01. The lowest BCUT2D eigenvalue weighted by atomic mass is 10.1. The number of aryl methyl sites for hydroxylation is 1. The first-order valence-electron chi connectivity index (χ1n) is 9.79. The Balaban J connectivity index is 1.90. The second-order valence-corrected chi connectivity index (χ2v) is 6.85. The molecule has 0 N–H and O–H groups in total. The smallest absolute Gasteiger partial charge is 0.101 e. The van der Waals surface area contributed by atoms with E-state index in [2.05, 4.69) is 40.7 Å². The van der Waals surface area contributed by atoms with Gasteiger partial charge >= 0.3 is 0 Å².